The van der Waals surface area contributed by atoms with Crippen LogP contribution in [0.3, 0.4) is 0 Å². The molecule has 0 aromatic carbocycles. The van der Waals surface area contributed by atoms with Gasteiger partial charge in [0.2, 0.25) is 0 Å². The van der Waals surface area contributed by atoms with E-state index >= 15 is 0 Å². The molecule has 3 N–H and O–H groups in total. The number of hydrogen-bond donors (Lipinski definition) is 2. The monoisotopic (exact) mass is 219 g/mol. The second kappa shape index (κ2) is 3.59. The van der Waals surface area contributed by atoms with E-state index in [1.54, 1.807) is 0 Å². The molecule has 88 valence electrons. The number of aryl methyl sites for hydroxylation is 1. The lowest BCUT2D eigenvalue weighted by atomic mass is 9.88. The fourth-order valence-electron chi connectivity index (χ4n) is 3.23. The van der Waals surface area contributed by atoms with E-state index in [9.17, 15) is 0 Å². The van der Waals surface area contributed by atoms with Gasteiger partial charge in [0.05, 0.1) is 5.69 Å². The van der Waals surface area contributed by atoms with E-state index in [1.807, 2.05) is 0 Å². The van der Waals surface area contributed by atoms with E-state index in [4.69, 9.17) is 10.7 Å². The van der Waals surface area contributed by atoms with Crippen LogP contribution in [0.15, 0.2) is 0 Å². The van der Waals surface area contributed by atoms with E-state index in [1.165, 1.54) is 43.6 Å². The molecule has 1 heterocycles. The van der Waals surface area contributed by atoms with Gasteiger partial charge < -0.3 is 10.7 Å². The van der Waals surface area contributed by atoms with Crippen LogP contribution >= 0.6 is 0 Å². The highest BCUT2D eigenvalue weighted by molar-refractivity contribution is 5.24. The molecule has 1 aromatic rings. The Morgan fingerprint density at radius 2 is 2.06 bits per heavy atom. The molecule has 1 saturated carbocycles. The van der Waals surface area contributed by atoms with Crippen LogP contribution in [-0.2, 0) is 11.8 Å². The topological polar surface area (TPSA) is 54.7 Å². The fourth-order valence-corrected chi connectivity index (χ4v) is 3.23. The van der Waals surface area contributed by atoms with Gasteiger partial charge in [-0.25, -0.2) is 4.98 Å². The number of hydrogen-bond acceptors (Lipinski definition) is 2. The highest BCUT2D eigenvalue weighted by Crippen LogP contribution is 2.40. The summed E-state index contributed by atoms with van der Waals surface area (Å²) >= 11 is 0. The van der Waals surface area contributed by atoms with Crippen molar-refractivity contribution < 1.29 is 0 Å². The van der Waals surface area contributed by atoms with Crippen molar-refractivity contribution in [3.63, 3.8) is 0 Å². The number of nitrogens with zero attached hydrogens (tertiary/aromatic N) is 1. The van der Waals surface area contributed by atoms with Crippen LogP contribution in [0.4, 0.5) is 0 Å². The predicted molar refractivity (Wildman–Crippen MR) is 64.3 cm³/mol. The molecule has 1 atom stereocenters. The lowest BCUT2D eigenvalue weighted by Crippen LogP contribution is -2.19. The van der Waals surface area contributed by atoms with Gasteiger partial charge in [-0.1, -0.05) is 19.8 Å². The summed E-state index contributed by atoms with van der Waals surface area (Å²) in [5, 5.41) is 0. The SMILES string of the molecule is CC1(c2nc3c([nH]2)CCCC3N)CCCC1. The van der Waals surface area contributed by atoms with E-state index < -0.39 is 0 Å². The summed E-state index contributed by atoms with van der Waals surface area (Å²) in [7, 11) is 0. The molecular weight excluding hydrogens is 198 g/mol. The predicted octanol–water partition coefficient (Wildman–Crippen LogP) is 2.58. The van der Waals surface area contributed by atoms with Crippen LogP contribution in [0.5, 0.6) is 0 Å². The normalized spacial score (nSPS) is 28.0. The smallest absolute Gasteiger partial charge is 0.112 e. The van der Waals surface area contributed by atoms with Crippen molar-refractivity contribution in [1.29, 1.82) is 0 Å². The molecule has 1 aromatic heterocycles. The Morgan fingerprint density at radius 1 is 1.31 bits per heavy atom. The standard InChI is InChI=1S/C13H21N3/c1-13(7-2-3-8-13)12-15-10-6-4-5-9(14)11(10)16-12/h9H,2-8,14H2,1H3,(H,15,16). The number of aromatic amines is 1. The van der Waals surface area contributed by atoms with Crippen molar-refractivity contribution >= 4 is 0 Å². The summed E-state index contributed by atoms with van der Waals surface area (Å²) in [6.45, 7) is 2.34. The minimum Gasteiger partial charge on any atom is -0.345 e. The lowest BCUT2D eigenvalue weighted by molar-refractivity contribution is 0.461. The molecule has 2 aliphatic carbocycles. The van der Waals surface area contributed by atoms with Gasteiger partial charge in [-0.3, -0.25) is 0 Å². The average Bonchev–Trinajstić information content (AvgIpc) is 2.85. The highest BCUT2D eigenvalue weighted by Gasteiger charge is 2.35. The molecule has 2 aliphatic rings. The van der Waals surface area contributed by atoms with Gasteiger partial charge in [0, 0.05) is 17.2 Å². The first-order valence-electron chi connectivity index (χ1n) is 6.54. The van der Waals surface area contributed by atoms with Gasteiger partial charge >= 0.3 is 0 Å². The highest BCUT2D eigenvalue weighted by atomic mass is 15.0. The summed E-state index contributed by atoms with van der Waals surface area (Å²) in [6, 6.07) is 0.166. The summed E-state index contributed by atoms with van der Waals surface area (Å²) in [4.78, 5) is 8.36. The quantitative estimate of drug-likeness (QED) is 0.762. The minimum absolute atomic E-state index is 0.166. The van der Waals surface area contributed by atoms with Gasteiger partial charge in [0.25, 0.3) is 0 Å². The Kier molecular flexibility index (Phi) is 2.32. The van der Waals surface area contributed by atoms with Crippen molar-refractivity contribution in [2.45, 2.75) is 63.3 Å². The molecule has 3 nitrogen and oxygen atoms in total. The van der Waals surface area contributed by atoms with Crippen molar-refractivity contribution in [2.75, 3.05) is 0 Å². The molecule has 1 fully saturated rings. The van der Waals surface area contributed by atoms with Crippen LogP contribution in [0.25, 0.3) is 0 Å². The summed E-state index contributed by atoms with van der Waals surface area (Å²) in [5.41, 5.74) is 8.86. The summed E-state index contributed by atoms with van der Waals surface area (Å²) < 4.78 is 0. The van der Waals surface area contributed by atoms with Crippen molar-refractivity contribution in [3.8, 4) is 0 Å². The first kappa shape index (κ1) is 10.3. The third-order valence-corrected chi connectivity index (χ3v) is 4.38. The molecule has 0 bridgehead atoms. The average molecular weight is 219 g/mol. The lowest BCUT2D eigenvalue weighted by Gasteiger charge is -2.20. The van der Waals surface area contributed by atoms with E-state index in [2.05, 4.69) is 11.9 Å². The molecule has 0 saturated heterocycles. The van der Waals surface area contributed by atoms with Crippen molar-refractivity contribution in [2.24, 2.45) is 5.73 Å². The van der Waals surface area contributed by atoms with E-state index in [-0.39, 0.29) is 11.5 Å². The maximum atomic E-state index is 6.12. The van der Waals surface area contributed by atoms with Crippen LogP contribution < -0.4 is 5.73 Å². The number of aromatic nitrogens is 2. The van der Waals surface area contributed by atoms with Crippen LogP contribution in [0.1, 0.15) is 68.7 Å². The maximum absolute atomic E-state index is 6.12. The minimum atomic E-state index is 0.166. The Labute approximate surface area is 96.8 Å². The number of nitrogens with one attached hydrogen (secondary N) is 1. The molecule has 1 unspecified atom stereocenters. The Morgan fingerprint density at radius 3 is 2.75 bits per heavy atom. The third-order valence-electron chi connectivity index (χ3n) is 4.38. The fraction of sp³-hybridized carbons (Fsp3) is 0.769. The molecule has 0 aliphatic heterocycles. The van der Waals surface area contributed by atoms with Gasteiger partial charge in [-0.15, -0.1) is 0 Å². The number of nitrogens with two attached hydrogens (primary N) is 1. The van der Waals surface area contributed by atoms with Crippen molar-refractivity contribution in [3.05, 3.63) is 17.2 Å². The van der Waals surface area contributed by atoms with E-state index in [0.717, 1.165) is 18.5 Å². The van der Waals surface area contributed by atoms with Gasteiger partial charge in [0.15, 0.2) is 0 Å². The molecule has 3 rings (SSSR count). The Bertz CT molecular complexity index is 388. The van der Waals surface area contributed by atoms with E-state index in [0.29, 0.717) is 0 Å². The zero-order chi connectivity index (χ0) is 11.2. The molecule has 16 heavy (non-hydrogen) atoms. The summed E-state index contributed by atoms with van der Waals surface area (Å²) in [6.07, 6.45) is 8.65. The number of H-pyrrole nitrogens is 1. The first-order chi connectivity index (χ1) is 7.69. The van der Waals surface area contributed by atoms with Crippen LogP contribution in [0.2, 0.25) is 0 Å². The number of fused-ring (bicyclic) bond motifs is 1. The van der Waals surface area contributed by atoms with Gasteiger partial charge in [-0.2, -0.15) is 0 Å². The maximum Gasteiger partial charge on any atom is 0.112 e. The van der Waals surface area contributed by atoms with Crippen LogP contribution in [-0.4, -0.2) is 9.97 Å². The zero-order valence-electron chi connectivity index (χ0n) is 10.1. The zero-order valence-corrected chi connectivity index (χ0v) is 10.1. The third kappa shape index (κ3) is 1.49. The molecule has 3 heteroatoms. The number of imidazole rings is 1. The molecule has 0 radical (unpaired) electrons. The second-order valence-corrected chi connectivity index (χ2v) is 5.72. The van der Waals surface area contributed by atoms with Gasteiger partial charge in [-0.05, 0) is 32.1 Å². The molecule has 0 amide bonds. The Hall–Kier alpha value is -0.830. The van der Waals surface area contributed by atoms with Crippen LogP contribution in [0, 0.1) is 0 Å². The Balaban J connectivity index is 1.97. The molecule has 0 spiro atoms. The largest absolute Gasteiger partial charge is 0.345 e. The van der Waals surface area contributed by atoms with Crippen molar-refractivity contribution in [1.82, 2.24) is 9.97 Å². The number of rotatable bonds is 1. The second-order valence-electron chi connectivity index (χ2n) is 5.72. The first-order valence-corrected chi connectivity index (χ1v) is 6.54. The van der Waals surface area contributed by atoms with Gasteiger partial charge in [0.1, 0.15) is 5.82 Å². The molecular formula is C13H21N3. The summed E-state index contributed by atoms with van der Waals surface area (Å²) in [5.74, 6) is 1.20.